The second-order valence-electron chi connectivity index (χ2n) is 4.27. The van der Waals surface area contributed by atoms with Gasteiger partial charge in [0.05, 0.1) is 0 Å². The lowest BCUT2D eigenvalue weighted by Gasteiger charge is -2.06. The number of hydrogen-bond acceptors (Lipinski definition) is 1. The van der Waals surface area contributed by atoms with Gasteiger partial charge in [0.1, 0.15) is 0 Å². The second kappa shape index (κ2) is 6.08. The van der Waals surface area contributed by atoms with Crippen molar-refractivity contribution in [3.05, 3.63) is 35.5 Å². The van der Waals surface area contributed by atoms with E-state index in [1.807, 2.05) is 12.1 Å². The van der Waals surface area contributed by atoms with Crippen molar-refractivity contribution < 1.29 is 0 Å². The minimum absolute atomic E-state index is 0.808. The van der Waals surface area contributed by atoms with Gasteiger partial charge in [-0.05, 0) is 50.2 Å². The van der Waals surface area contributed by atoms with Crippen molar-refractivity contribution in [1.29, 1.82) is 0 Å². The number of fused-ring (bicyclic) bond motifs is 1. The summed E-state index contributed by atoms with van der Waals surface area (Å²) in [6.45, 7) is 5.40. The molecule has 0 unspecified atom stereocenters. The highest BCUT2D eigenvalue weighted by atomic mass is 35.5. The van der Waals surface area contributed by atoms with E-state index in [1.54, 1.807) is 0 Å². The molecule has 0 fully saturated rings. The molecule has 1 heterocycles. The largest absolute Gasteiger partial charge is 0.347 e. The Kier molecular flexibility index (Phi) is 4.46. The van der Waals surface area contributed by atoms with Crippen LogP contribution in [0.3, 0.4) is 0 Å². The first kappa shape index (κ1) is 12.5. The summed E-state index contributed by atoms with van der Waals surface area (Å²) in [6.07, 6.45) is 4.58. The van der Waals surface area contributed by atoms with Gasteiger partial charge in [-0.3, -0.25) is 0 Å². The van der Waals surface area contributed by atoms with Crippen LogP contribution < -0.4 is 5.32 Å². The lowest BCUT2D eigenvalue weighted by Crippen LogP contribution is -2.14. The SMILES string of the molecule is CCNCCCCn1ccc2cc(Cl)ccc21. The molecular weight excluding hydrogens is 232 g/mol. The van der Waals surface area contributed by atoms with Crippen LogP contribution in [0.25, 0.3) is 10.9 Å². The van der Waals surface area contributed by atoms with E-state index in [0.717, 1.165) is 24.7 Å². The molecule has 2 nitrogen and oxygen atoms in total. The number of benzene rings is 1. The van der Waals surface area contributed by atoms with E-state index in [0.29, 0.717) is 0 Å². The second-order valence-corrected chi connectivity index (χ2v) is 4.71. The molecule has 1 N–H and O–H groups in total. The summed E-state index contributed by atoms with van der Waals surface area (Å²) >= 11 is 5.97. The van der Waals surface area contributed by atoms with Crippen LogP contribution in [0.1, 0.15) is 19.8 Å². The maximum absolute atomic E-state index is 5.97. The van der Waals surface area contributed by atoms with Crippen molar-refractivity contribution in [2.24, 2.45) is 0 Å². The van der Waals surface area contributed by atoms with E-state index in [9.17, 15) is 0 Å². The Morgan fingerprint density at radius 1 is 1.24 bits per heavy atom. The monoisotopic (exact) mass is 250 g/mol. The average molecular weight is 251 g/mol. The van der Waals surface area contributed by atoms with Crippen LogP contribution in [0, 0.1) is 0 Å². The van der Waals surface area contributed by atoms with Gasteiger partial charge in [0.25, 0.3) is 0 Å². The topological polar surface area (TPSA) is 17.0 Å². The zero-order chi connectivity index (χ0) is 12.1. The van der Waals surface area contributed by atoms with Crippen LogP contribution in [0.5, 0.6) is 0 Å². The number of nitrogens with zero attached hydrogens (tertiary/aromatic N) is 1. The Morgan fingerprint density at radius 3 is 2.94 bits per heavy atom. The van der Waals surface area contributed by atoms with Crippen molar-refractivity contribution in [3.63, 3.8) is 0 Å². The minimum Gasteiger partial charge on any atom is -0.347 e. The molecule has 0 amide bonds. The van der Waals surface area contributed by atoms with Gasteiger partial charge >= 0.3 is 0 Å². The normalized spacial score (nSPS) is 11.2. The van der Waals surface area contributed by atoms with Crippen molar-refractivity contribution >= 4 is 22.5 Å². The Bertz CT molecular complexity index is 476. The molecule has 17 heavy (non-hydrogen) atoms. The Labute approximate surface area is 108 Å². The fourth-order valence-corrected chi connectivity index (χ4v) is 2.26. The first-order valence-electron chi connectivity index (χ1n) is 6.26. The van der Waals surface area contributed by atoms with E-state index in [2.05, 4.69) is 35.1 Å². The first-order chi connectivity index (χ1) is 8.31. The quantitative estimate of drug-likeness (QED) is 0.774. The van der Waals surface area contributed by atoms with Gasteiger partial charge in [0.15, 0.2) is 0 Å². The summed E-state index contributed by atoms with van der Waals surface area (Å²) in [5.74, 6) is 0. The van der Waals surface area contributed by atoms with Crippen LogP contribution in [-0.2, 0) is 6.54 Å². The molecule has 3 heteroatoms. The molecule has 2 rings (SSSR count). The lowest BCUT2D eigenvalue weighted by atomic mass is 10.2. The van der Waals surface area contributed by atoms with Gasteiger partial charge in [-0.25, -0.2) is 0 Å². The molecule has 0 aliphatic carbocycles. The summed E-state index contributed by atoms with van der Waals surface area (Å²) in [4.78, 5) is 0. The number of unbranched alkanes of at least 4 members (excludes halogenated alkanes) is 1. The third-order valence-corrected chi connectivity index (χ3v) is 3.22. The predicted octanol–water partition coefficient (Wildman–Crippen LogP) is 3.68. The highest BCUT2D eigenvalue weighted by molar-refractivity contribution is 6.31. The average Bonchev–Trinajstić information content (AvgIpc) is 2.71. The molecule has 0 spiro atoms. The third-order valence-electron chi connectivity index (χ3n) is 2.99. The molecule has 92 valence electrons. The maximum atomic E-state index is 5.97. The van der Waals surface area contributed by atoms with Crippen molar-refractivity contribution in [1.82, 2.24) is 9.88 Å². The lowest BCUT2D eigenvalue weighted by molar-refractivity contribution is 0.586. The zero-order valence-electron chi connectivity index (χ0n) is 10.2. The molecule has 2 aromatic rings. The molecule has 0 saturated carbocycles. The Morgan fingerprint density at radius 2 is 2.12 bits per heavy atom. The van der Waals surface area contributed by atoms with E-state index in [-0.39, 0.29) is 0 Å². The van der Waals surface area contributed by atoms with Crippen LogP contribution in [0.4, 0.5) is 0 Å². The van der Waals surface area contributed by atoms with E-state index < -0.39 is 0 Å². The fraction of sp³-hybridized carbons (Fsp3) is 0.429. The first-order valence-corrected chi connectivity index (χ1v) is 6.64. The van der Waals surface area contributed by atoms with E-state index in [1.165, 1.54) is 23.7 Å². The van der Waals surface area contributed by atoms with Crippen LogP contribution in [0.15, 0.2) is 30.5 Å². The number of rotatable bonds is 6. The molecule has 0 radical (unpaired) electrons. The summed E-state index contributed by atoms with van der Waals surface area (Å²) < 4.78 is 2.30. The number of nitrogens with one attached hydrogen (secondary N) is 1. The summed E-state index contributed by atoms with van der Waals surface area (Å²) in [6, 6.07) is 8.21. The predicted molar refractivity (Wildman–Crippen MR) is 74.7 cm³/mol. The molecule has 1 aromatic heterocycles. The maximum Gasteiger partial charge on any atom is 0.0481 e. The zero-order valence-corrected chi connectivity index (χ0v) is 11.0. The molecule has 0 bridgehead atoms. The molecular formula is C14H19ClN2. The number of halogens is 1. The molecule has 0 saturated heterocycles. The Balaban J connectivity index is 1.95. The molecule has 0 atom stereocenters. The standard InChI is InChI=1S/C14H19ClN2/c1-2-16-8-3-4-9-17-10-7-12-11-13(15)5-6-14(12)17/h5-7,10-11,16H,2-4,8-9H2,1H3. The molecule has 0 aliphatic heterocycles. The number of hydrogen-bond donors (Lipinski definition) is 1. The Hall–Kier alpha value is -0.990. The fourth-order valence-electron chi connectivity index (χ4n) is 2.07. The summed E-state index contributed by atoms with van der Waals surface area (Å²) in [5.41, 5.74) is 1.28. The van der Waals surface area contributed by atoms with Crippen LogP contribution in [-0.4, -0.2) is 17.7 Å². The smallest absolute Gasteiger partial charge is 0.0481 e. The third kappa shape index (κ3) is 3.24. The van der Waals surface area contributed by atoms with Crippen LogP contribution in [0.2, 0.25) is 5.02 Å². The van der Waals surface area contributed by atoms with Crippen LogP contribution >= 0.6 is 11.6 Å². The molecule has 0 aliphatic rings. The number of aromatic nitrogens is 1. The van der Waals surface area contributed by atoms with E-state index >= 15 is 0 Å². The van der Waals surface area contributed by atoms with Gasteiger partial charge in [-0.1, -0.05) is 18.5 Å². The summed E-state index contributed by atoms with van der Waals surface area (Å²) in [7, 11) is 0. The van der Waals surface area contributed by atoms with Gasteiger partial charge in [-0.15, -0.1) is 0 Å². The van der Waals surface area contributed by atoms with Gasteiger partial charge in [0, 0.05) is 28.7 Å². The highest BCUT2D eigenvalue weighted by Gasteiger charge is 2.01. The van der Waals surface area contributed by atoms with Gasteiger partial charge < -0.3 is 9.88 Å². The van der Waals surface area contributed by atoms with Crippen molar-refractivity contribution in [2.45, 2.75) is 26.3 Å². The van der Waals surface area contributed by atoms with E-state index in [4.69, 9.17) is 11.6 Å². The summed E-state index contributed by atoms with van der Waals surface area (Å²) in [5, 5.41) is 5.38. The highest BCUT2D eigenvalue weighted by Crippen LogP contribution is 2.20. The van der Waals surface area contributed by atoms with Crippen molar-refractivity contribution in [2.75, 3.05) is 13.1 Å². The number of aryl methyl sites for hydroxylation is 1. The molecule has 1 aromatic carbocycles. The van der Waals surface area contributed by atoms with Gasteiger partial charge in [0.2, 0.25) is 0 Å². The minimum atomic E-state index is 0.808. The van der Waals surface area contributed by atoms with Crippen molar-refractivity contribution in [3.8, 4) is 0 Å². The van der Waals surface area contributed by atoms with Gasteiger partial charge in [-0.2, -0.15) is 0 Å².